The maximum Gasteiger partial charge on any atom is 0.586 e. The van der Waals surface area contributed by atoms with Crippen molar-refractivity contribution in [2.24, 2.45) is 0 Å². The van der Waals surface area contributed by atoms with Gasteiger partial charge < -0.3 is 24.3 Å². The molecule has 0 saturated heterocycles. The summed E-state index contributed by atoms with van der Waals surface area (Å²) in [4.78, 5) is 13.4. The van der Waals surface area contributed by atoms with Crippen molar-refractivity contribution in [1.82, 2.24) is 24.6 Å². The predicted octanol–water partition coefficient (Wildman–Crippen LogP) is 4.87. The van der Waals surface area contributed by atoms with Crippen LogP contribution in [0.2, 0.25) is 5.15 Å². The van der Waals surface area contributed by atoms with Gasteiger partial charge in [0.25, 0.3) is 0 Å². The summed E-state index contributed by atoms with van der Waals surface area (Å²) in [6.07, 6.45) is -1.91. The Bertz CT molecular complexity index is 1700. The molecule has 1 N–H and O–H groups in total. The SMILES string of the molecule is COc1ccc(CNc2nc3c4c(ccc3c3nc(Cc5cccnc5Cl)nn23)OC(F)(F)O4)c(OC)c1. The molecule has 5 aromatic rings. The summed E-state index contributed by atoms with van der Waals surface area (Å²) in [6.45, 7) is 0.271. The molecule has 0 spiro atoms. The van der Waals surface area contributed by atoms with Crippen molar-refractivity contribution in [1.29, 1.82) is 0 Å². The number of benzene rings is 2. The highest BCUT2D eigenvalue weighted by Gasteiger charge is 2.45. The average Bonchev–Trinajstić information content (AvgIpc) is 3.48. The maximum absolute atomic E-state index is 13.9. The van der Waals surface area contributed by atoms with Crippen LogP contribution in [0.3, 0.4) is 0 Å². The molecule has 0 unspecified atom stereocenters. The third-order valence-corrected chi connectivity index (χ3v) is 6.31. The smallest absolute Gasteiger partial charge is 0.497 e. The van der Waals surface area contributed by atoms with Gasteiger partial charge in [-0.3, -0.25) is 0 Å². The summed E-state index contributed by atoms with van der Waals surface area (Å²) >= 11 is 6.24. The highest BCUT2D eigenvalue weighted by atomic mass is 35.5. The molecule has 194 valence electrons. The van der Waals surface area contributed by atoms with Gasteiger partial charge in [0.15, 0.2) is 23.0 Å². The summed E-state index contributed by atoms with van der Waals surface area (Å²) in [6, 6.07) is 12.0. The summed E-state index contributed by atoms with van der Waals surface area (Å²) < 4.78 is 49.5. The van der Waals surface area contributed by atoms with Gasteiger partial charge >= 0.3 is 6.29 Å². The lowest BCUT2D eigenvalue weighted by molar-refractivity contribution is -0.286. The summed E-state index contributed by atoms with van der Waals surface area (Å²) in [5.41, 5.74) is 2.07. The number of nitrogens with one attached hydrogen (secondary N) is 1. The van der Waals surface area contributed by atoms with Crippen molar-refractivity contribution in [2.75, 3.05) is 19.5 Å². The topological polar surface area (TPSA) is 105 Å². The van der Waals surface area contributed by atoms with Gasteiger partial charge in [-0.1, -0.05) is 17.7 Å². The van der Waals surface area contributed by atoms with Gasteiger partial charge in [-0.25, -0.2) is 15.0 Å². The molecule has 4 heterocycles. The van der Waals surface area contributed by atoms with Gasteiger partial charge in [-0.15, -0.1) is 13.9 Å². The maximum atomic E-state index is 13.9. The van der Waals surface area contributed by atoms with E-state index in [0.29, 0.717) is 39.9 Å². The van der Waals surface area contributed by atoms with Crippen molar-refractivity contribution >= 4 is 34.1 Å². The third kappa shape index (κ3) is 4.22. The van der Waals surface area contributed by atoms with Crippen molar-refractivity contribution in [3.63, 3.8) is 0 Å². The van der Waals surface area contributed by atoms with E-state index in [1.807, 2.05) is 12.1 Å². The van der Waals surface area contributed by atoms with Gasteiger partial charge in [0.05, 0.1) is 14.2 Å². The highest BCUT2D eigenvalue weighted by molar-refractivity contribution is 6.30. The molecule has 13 heteroatoms. The molecule has 0 fully saturated rings. The highest BCUT2D eigenvalue weighted by Crippen LogP contribution is 2.45. The summed E-state index contributed by atoms with van der Waals surface area (Å²) in [5, 5.41) is 8.63. The van der Waals surface area contributed by atoms with E-state index >= 15 is 0 Å². The molecule has 1 aliphatic heterocycles. The number of pyridine rings is 1. The van der Waals surface area contributed by atoms with Crippen LogP contribution in [0, 0.1) is 0 Å². The van der Waals surface area contributed by atoms with Crippen molar-refractivity contribution in [3.05, 3.63) is 70.8 Å². The number of fused-ring (bicyclic) bond motifs is 5. The number of nitrogens with zero attached hydrogens (tertiary/aromatic N) is 5. The Labute approximate surface area is 219 Å². The number of hydrogen-bond acceptors (Lipinski definition) is 9. The fraction of sp³-hybridized carbons (Fsp3) is 0.200. The van der Waals surface area contributed by atoms with E-state index in [1.54, 1.807) is 44.7 Å². The minimum absolute atomic E-state index is 0.121. The quantitative estimate of drug-likeness (QED) is 0.289. The van der Waals surface area contributed by atoms with E-state index in [0.717, 1.165) is 11.1 Å². The third-order valence-electron chi connectivity index (χ3n) is 5.97. The first-order valence-electron chi connectivity index (χ1n) is 11.4. The Balaban J connectivity index is 1.46. The zero-order valence-corrected chi connectivity index (χ0v) is 20.8. The van der Waals surface area contributed by atoms with Gasteiger partial charge in [-0.05, 0) is 35.9 Å². The van der Waals surface area contributed by atoms with Gasteiger partial charge in [0.2, 0.25) is 5.95 Å². The summed E-state index contributed by atoms with van der Waals surface area (Å²) in [7, 11) is 3.12. The minimum Gasteiger partial charge on any atom is -0.497 e. The second-order valence-electron chi connectivity index (χ2n) is 8.32. The van der Waals surface area contributed by atoms with Gasteiger partial charge in [-0.2, -0.15) is 4.52 Å². The van der Waals surface area contributed by atoms with Crippen LogP contribution in [0.1, 0.15) is 17.0 Å². The number of halogens is 3. The lowest BCUT2D eigenvalue weighted by Gasteiger charge is -2.13. The van der Waals surface area contributed by atoms with Crippen LogP contribution in [-0.4, -0.2) is 45.1 Å². The van der Waals surface area contributed by atoms with E-state index in [9.17, 15) is 8.78 Å². The zero-order valence-electron chi connectivity index (χ0n) is 20.0. The lowest BCUT2D eigenvalue weighted by Crippen LogP contribution is -2.26. The number of alkyl halides is 2. The first kappa shape index (κ1) is 23.9. The van der Waals surface area contributed by atoms with E-state index < -0.39 is 6.29 Å². The molecule has 1 aliphatic rings. The molecule has 10 nitrogen and oxygen atoms in total. The molecule has 0 radical (unpaired) electrons. The monoisotopic (exact) mass is 540 g/mol. The van der Waals surface area contributed by atoms with E-state index in [-0.39, 0.29) is 29.5 Å². The molecule has 0 saturated carbocycles. The molecule has 2 aromatic carbocycles. The van der Waals surface area contributed by atoms with Crippen LogP contribution in [0.5, 0.6) is 23.0 Å². The number of aromatic nitrogens is 5. The van der Waals surface area contributed by atoms with Crippen LogP contribution in [0.25, 0.3) is 16.6 Å². The van der Waals surface area contributed by atoms with Gasteiger partial charge in [0, 0.05) is 36.2 Å². The predicted molar refractivity (Wildman–Crippen MR) is 133 cm³/mol. The molecule has 0 atom stereocenters. The molecule has 38 heavy (non-hydrogen) atoms. The van der Waals surface area contributed by atoms with Crippen LogP contribution in [0.4, 0.5) is 14.7 Å². The van der Waals surface area contributed by atoms with Crippen LogP contribution < -0.4 is 24.3 Å². The van der Waals surface area contributed by atoms with Crippen molar-refractivity contribution < 1.29 is 27.7 Å². The van der Waals surface area contributed by atoms with E-state index in [1.165, 1.54) is 10.6 Å². The zero-order chi connectivity index (χ0) is 26.4. The largest absolute Gasteiger partial charge is 0.586 e. The Kier molecular flexibility index (Phi) is 5.75. The van der Waals surface area contributed by atoms with Gasteiger partial charge in [0.1, 0.15) is 22.2 Å². The molecular weight excluding hydrogens is 522 g/mol. The van der Waals surface area contributed by atoms with Crippen molar-refractivity contribution in [3.8, 4) is 23.0 Å². The second-order valence-corrected chi connectivity index (χ2v) is 8.67. The summed E-state index contributed by atoms with van der Waals surface area (Å²) in [5.74, 6) is 1.61. The number of ether oxygens (including phenoxy) is 4. The van der Waals surface area contributed by atoms with Crippen LogP contribution in [0.15, 0.2) is 48.7 Å². The number of rotatable bonds is 7. The lowest BCUT2D eigenvalue weighted by atomic mass is 10.2. The normalized spacial score (nSPS) is 13.7. The standard InChI is InChI=1S/C25H19ClF2N6O4/c1-35-15-6-5-14(18(11-15)36-2)12-30-24-32-20-16(7-8-17-21(20)38-25(27,28)37-17)23-31-19(33-34(23)24)10-13-4-3-9-29-22(13)26/h3-9,11H,10,12H2,1-2H3,(H,30,32). The second kappa shape index (κ2) is 9.14. The molecule has 0 aliphatic carbocycles. The van der Waals surface area contributed by atoms with Crippen LogP contribution >= 0.6 is 11.6 Å². The Morgan fingerprint density at radius 1 is 1.05 bits per heavy atom. The molecular formula is C25H19ClF2N6O4. The molecule has 0 amide bonds. The van der Waals surface area contributed by atoms with Crippen molar-refractivity contribution in [2.45, 2.75) is 19.3 Å². The Hall–Kier alpha value is -4.45. The fourth-order valence-electron chi connectivity index (χ4n) is 4.20. The van der Waals surface area contributed by atoms with E-state index in [2.05, 4.69) is 30.1 Å². The fourth-order valence-corrected chi connectivity index (χ4v) is 4.39. The number of hydrogen-bond donors (Lipinski definition) is 1. The number of anilines is 1. The van der Waals surface area contributed by atoms with Crippen LogP contribution in [-0.2, 0) is 13.0 Å². The molecule has 6 rings (SSSR count). The Morgan fingerprint density at radius 2 is 1.92 bits per heavy atom. The molecule has 3 aromatic heterocycles. The first-order valence-corrected chi connectivity index (χ1v) is 11.8. The molecule has 0 bridgehead atoms. The first-order chi connectivity index (χ1) is 18.3. The van der Waals surface area contributed by atoms with E-state index in [4.69, 9.17) is 25.8 Å². The number of methoxy groups -OCH3 is 2. The average molecular weight is 541 g/mol. The Morgan fingerprint density at radius 3 is 2.71 bits per heavy atom. The minimum atomic E-state index is -3.80.